The van der Waals surface area contributed by atoms with Crippen molar-refractivity contribution in [3.8, 4) is 0 Å². The molecule has 0 saturated heterocycles. The molecule has 0 bridgehead atoms. The van der Waals surface area contributed by atoms with Gasteiger partial charge in [0.25, 0.3) is 0 Å². The molecule has 5 rings (SSSR count). The van der Waals surface area contributed by atoms with E-state index in [-0.39, 0.29) is 6.03 Å². The Morgan fingerprint density at radius 2 is 1.90 bits per heavy atom. The molecule has 2 aromatic heterocycles. The van der Waals surface area contributed by atoms with Crippen molar-refractivity contribution in [3.05, 3.63) is 54.1 Å². The largest absolute Gasteiger partial charge is 0.339 e. The SMILES string of the molecule is O=C(NC1CCCCC1)N1Cc2ncnc(Nc3cnc4ccccc4c3)c2C1. The highest BCUT2D eigenvalue weighted by atomic mass is 16.2. The van der Waals surface area contributed by atoms with Gasteiger partial charge < -0.3 is 15.5 Å². The van der Waals surface area contributed by atoms with Gasteiger partial charge in [-0.15, -0.1) is 0 Å². The topological polar surface area (TPSA) is 83.0 Å². The van der Waals surface area contributed by atoms with Gasteiger partial charge in [0.15, 0.2) is 0 Å². The second kappa shape index (κ2) is 7.66. The van der Waals surface area contributed by atoms with Crippen LogP contribution in [0.25, 0.3) is 10.9 Å². The van der Waals surface area contributed by atoms with E-state index in [0.29, 0.717) is 19.1 Å². The van der Waals surface area contributed by atoms with Crippen molar-refractivity contribution in [2.45, 2.75) is 51.2 Å². The van der Waals surface area contributed by atoms with Crippen LogP contribution in [-0.2, 0) is 13.1 Å². The van der Waals surface area contributed by atoms with Gasteiger partial charge in [0.2, 0.25) is 0 Å². The molecule has 29 heavy (non-hydrogen) atoms. The minimum atomic E-state index is -0.00628. The summed E-state index contributed by atoms with van der Waals surface area (Å²) in [4.78, 5) is 27.9. The molecular weight excluding hydrogens is 364 g/mol. The maximum Gasteiger partial charge on any atom is 0.318 e. The summed E-state index contributed by atoms with van der Waals surface area (Å²) in [7, 11) is 0. The number of carbonyl (C=O) groups excluding carboxylic acids is 1. The third-order valence-corrected chi connectivity index (χ3v) is 5.80. The number of rotatable bonds is 3. The average Bonchev–Trinajstić information content (AvgIpc) is 3.20. The number of nitrogens with one attached hydrogen (secondary N) is 2. The Hall–Kier alpha value is -3.22. The van der Waals surface area contributed by atoms with E-state index in [2.05, 4.69) is 31.7 Å². The fourth-order valence-electron chi connectivity index (χ4n) is 4.22. The van der Waals surface area contributed by atoms with Crippen molar-refractivity contribution in [1.29, 1.82) is 0 Å². The van der Waals surface area contributed by atoms with E-state index in [1.54, 1.807) is 12.5 Å². The first-order valence-corrected chi connectivity index (χ1v) is 10.3. The minimum absolute atomic E-state index is 0.00628. The zero-order valence-corrected chi connectivity index (χ0v) is 16.3. The lowest BCUT2D eigenvalue weighted by Gasteiger charge is -2.25. The van der Waals surface area contributed by atoms with E-state index in [1.165, 1.54) is 19.3 Å². The molecule has 0 atom stereocenters. The number of carbonyl (C=O) groups is 1. The Bertz CT molecular complexity index is 1050. The van der Waals surface area contributed by atoms with E-state index in [0.717, 1.165) is 46.5 Å². The third kappa shape index (κ3) is 3.72. The van der Waals surface area contributed by atoms with Crippen LogP contribution in [0.2, 0.25) is 0 Å². The summed E-state index contributed by atoms with van der Waals surface area (Å²) in [6, 6.07) is 10.4. The predicted octanol–water partition coefficient (Wildman–Crippen LogP) is 4.13. The molecule has 3 heterocycles. The first-order valence-electron chi connectivity index (χ1n) is 10.3. The van der Waals surface area contributed by atoms with E-state index in [9.17, 15) is 4.79 Å². The third-order valence-electron chi connectivity index (χ3n) is 5.80. The normalized spacial score (nSPS) is 16.6. The van der Waals surface area contributed by atoms with Gasteiger partial charge in [-0.25, -0.2) is 14.8 Å². The van der Waals surface area contributed by atoms with Crippen LogP contribution in [-0.4, -0.2) is 31.9 Å². The highest BCUT2D eigenvalue weighted by Gasteiger charge is 2.29. The number of pyridine rings is 1. The van der Waals surface area contributed by atoms with Gasteiger partial charge in [0, 0.05) is 17.0 Å². The lowest BCUT2D eigenvalue weighted by Crippen LogP contribution is -2.43. The van der Waals surface area contributed by atoms with Gasteiger partial charge in [-0.05, 0) is 25.0 Å². The van der Waals surface area contributed by atoms with Gasteiger partial charge >= 0.3 is 6.03 Å². The monoisotopic (exact) mass is 388 g/mol. The van der Waals surface area contributed by atoms with E-state index in [1.807, 2.05) is 29.2 Å². The second-order valence-electron chi connectivity index (χ2n) is 7.83. The number of fused-ring (bicyclic) bond motifs is 2. The lowest BCUT2D eigenvalue weighted by molar-refractivity contribution is 0.190. The van der Waals surface area contributed by atoms with Gasteiger partial charge in [0.05, 0.1) is 36.2 Å². The van der Waals surface area contributed by atoms with Crippen LogP contribution in [0, 0.1) is 0 Å². The molecule has 7 heteroatoms. The molecule has 2 aliphatic rings. The summed E-state index contributed by atoms with van der Waals surface area (Å²) >= 11 is 0. The number of hydrogen-bond acceptors (Lipinski definition) is 5. The summed E-state index contributed by atoms with van der Waals surface area (Å²) < 4.78 is 0. The van der Waals surface area contributed by atoms with Crippen molar-refractivity contribution in [2.24, 2.45) is 0 Å². The molecule has 1 fully saturated rings. The number of amides is 2. The first kappa shape index (κ1) is 17.8. The number of para-hydroxylation sites is 1. The highest BCUT2D eigenvalue weighted by molar-refractivity contribution is 5.82. The van der Waals surface area contributed by atoms with Gasteiger partial charge in [-0.1, -0.05) is 37.5 Å². The number of nitrogens with zero attached hydrogens (tertiary/aromatic N) is 4. The standard InChI is InChI=1S/C22H24N6O/c29-22(27-16-7-2-1-3-8-16)28-12-18-20(13-28)24-14-25-21(18)26-17-10-15-6-4-5-9-19(15)23-11-17/h4-6,9-11,14,16H,1-3,7-8,12-13H2,(H,27,29)(H,24,25,26). The Morgan fingerprint density at radius 3 is 2.79 bits per heavy atom. The maximum absolute atomic E-state index is 12.7. The second-order valence-corrected chi connectivity index (χ2v) is 7.83. The maximum atomic E-state index is 12.7. The molecule has 1 saturated carbocycles. The van der Waals surface area contributed by atoms with Gasteiger partial charge in [-0.2, -0.15) is 0 Å². The quantitative estimate of drug-likeness (QED) is 0.705. The molecule has 7 nitrogen and oxygen atoms in total. The summed E-state index contributed by atoms with van der Waals surface area (Å²) in [5.74, 6) is 0.736. The molecular formula is C22H24N6O. The fraction of sp³-hybridized carbons (Fsp3) is 0.364. The Morgan fingerprint density at radius 1 is 1.03 bits per heavy atom. The summed E-state index contributed by atoms with van der Waals surface area (Å²) in [5, 5.41) is 7.62. The summed E-state index contributed by atoms with van der Waals surface area (Å²) in [6.45, 7) is 1.03. The van der Waals surface area contributed by atoms with Crippen LogP contribution >= 0.6 is 0 Å². The number of aromatic nitrogens is 3. The molecule has 3 aromatic rings. The van der Waals surface area contributed by atoms with E-state index < -0.39 is 0 Å². The minimum Gasteiger partial charge on any atom is -0.339 e. The van der Waals surface area contributed by atoms with Gasteiger partial charge in [-0.3, -0.25) is 4.98 Å². The van der Waals surface area contributed by atoms with Crippen molar-refractivity contribution < 1.29 is 4.79 Å². The lowest BCUT2D eigenvalue weighted by atomic mass is 9.96. The molecule has 1 aliphatic carbocycles. The zero-order valence-electron chi connectivity index (χ0n) is 16.3. The van der Waals surface area contributed by atoms with E-state index >= 15 is 0 Å². The molecule has 0 unspecified atom stereocenters. The fourth-order valence-corrected chi connectivity index (χ4v) is 4.22. The number of anilines is 2. The number of benzene rings is 1. The van der Waals surface area contributed by atoms with Crippen LogP contribution in [0.1, 0.15) is 43.4 Å². The van der Waals surface area contributed by atoms with Crippen LogP contribution in [0.4, 0.5) is 16.3 Å². The molecule has 1 aromatic carbocycles. The Labute approximate surface area is 169 Å². The zero-order chi connectivity index (χ0) is 19.6. The predicted molar refractivity (Wildman–Crippen MR) is 112 cm³/mol. The Kier molecular flexibility index (Phi) is 4.71. The van der Waals surface area contributed by atoms with Crippen LogP contribution in [0.15, 0.2) is 42.9 Å². The van der Waals surface area contributed by atoms with Crippen molar-refractivity contribution in [3.63, 3.8) is 0 Å². The smallest absolute Gasteiger partial charge is 0.318 e. The van der Waals surface area contributed by atoms with Crippen LogP contribution in [0.3, 0.4) is 0 Å². The number of hydrogen-bond donors (Lipinski definition) is 2. The molecule has 2 amide bonds. The molecule has 2 N–H and O–H groups in total. The first-order chi connectivity index (χ1) is 14.3. The summed E-state index contributed by atoms with van der Waals surface area (Å²) in [5.41, 5.74) is 3.70. The van der Waals surface area contributed by atoms with Crippen LogP contribution in [0.5, 0.6) is 0 Å². The molecule has 0 spiro atoms. The van der Waals surface area contributed by atoms with E-state index in [4.69, 9.17) is 0 Å². The molecule has 148 valence electrons. The summed E-state index contributed by atoms with van der Waals surface area (Å²) in [6.07, 6.45) is 9.19. The van der Waals surface area contributed by atoms with Crippen LogP contribution < -0.4 is 10.6 Å². The number of urea groups is 1. The van der Waals surface area contributed by atoms with Crippen molar-refractivity contribution in [1.82, 2.24) is 25.2 Å². The molecule has 1 aliphatic heterocycles. The average molecular weight is 388 g/mol. The highest BCUT2D eigenvalue weighted by Crippen LogP contribution is 2.29. The van der Waals surface area contributed by atoms with Crippen molar-refractivity contribution in [2.75, 3.05) is 5.32 Å². The van der Waals surface area contributed by atoms with Crippen molar-refractivity contribution >= 4 is 28.4 Å². The Balaban J connectivity index is 1.32. The molecule has 0 radical (unpaired) electrons. The van der Waals surface area contributed by atoms with Gasteiger partial charge in [0.1, 0.15) is 12.1 Å².